The maximum absolute atomic E-state index is 12.2. The summed E-state index contributed by atoms with van der Waals surface area (Å²) in [4.78, 5) is 3.42. The number of anilines is 1. The van der Waals surface area contributed by atoms with Crippen molar-refractivity contribution >= 4 is 51.5 Å². The SMILES string of the molecule is O=S(=O)(Nc1cccc(Cl)c1Cl)c1cncc(B(O)O)c1. The molecule has 0 spiro atoms. The molecule has 21 heavy (non-hydrogen) atoms. The number of rotatable bonds is 4. The molecule has 0 fully saturated rings. The second-order valence-electron chi connectivity index (χ2n) is 4.03. The molecular weight excluding hydrogens is 338 g/mol. The van der Waals surface area contributed by atoms with Gasteiger partial charge >= 0.3 is 7.12 Å². The predicted molar refractivity (Wildman–Crippen MR) is 81.3 cm³/mol. The van der Waals surface area contributed by atoms with E-state index in [-0.39, 0.29) is 26.1 Å². The van der Waals surface area contributed by atoms with E-state index in [0.717, 1.165) is 18.5 Å². The Morgan fingerprint density at radius 2 is 1.90 bits per heavy atom. The number of benzene rings is 1. The smallest absolute Gasteiger partial charge is 0.423 e. The van der Waals surface area contributed by atoms with E-state index in [1.165, 1.54) is 18.2 Å². The molecule has 3 N–H and O–H groups in total. The number of aromatic nitrogens is 1. The summed E-state index contributed by atoms with van der Waals surface area (Å²) in [7, 11) is -5.80. The largest absolute Gasteiger partial charge is 0.490 e. The van der Waals surface area contributed by atoms with Crippen LogP contribution in [0.1, 0.15) is 0 Å². The van der Waals surface area contributed by atoms with Gasteiger partial charge < -0.3 is 10.0 Å². The summed E-state index contributed by atoms with van der Waals surface area (Å²) < 4.78 is 26.7. The van der Waals surface area contributed by atoms with Crippen LogP contribution in [0.3, 0.4) is 0 Å². The first kappa shape index (κ1) is 16.1. The van der Waals surface area contributed by atoms with E-state index >= 15 is 0 Å². The van der Waals surface area contributed by atoms with Crippen LogP contribution in [-0.4, -0.2) is 30.6 Å². The highest BCUT2D eigenvalue weighted by Gasteiger charge is 2.20. The predicted octanol–water partition coefficient (Wildman–Crippen LogP) is 0.869. The van der Waals surface area contributed by atoms with Gasteiger partial charge in [0.2, 0.25) is 0 Å². The van der Waals surface area contributed by atoms with Gasteiger partial charge in [0.05, 0.1) is 15.7 Å². The summed E-state index contributed by atoms with van der Waals surface area (Å²) in [5.74, 6) is 0. The Bertz CT molecular complexity index is 771. The van der Waals surface area contributed by atoms with Crippen molar-refractivity contribution in [3.05, 3.63) is 46.7 Å². The van der Waals surface area contributed by atoms with E-state index in [0.29, 0.717) is 0 Å². The molecule has 6 nitrogen and oxygen atoms in total. The normalized spacial score (nSPS) is 11.2. The van der Waals surface area contributed by atoms with Crippen LogP contribution in [0, 0.1) is 0 Å². The van der Waals surface area contributed by atoms with Gasteiger partial charge in [0.15, 0.2) is 0 Å². The van der Waals surface area contributed by atoms with Crippen LogP contribution in [0.5, 0.6) is 0 Å². The number of hydrogen-bond donors (Lipinski definition) is 3. The summed E-state index contributed by atoms with van der Waals surface area (Å²) >= 11 is 11.7. The van der Waals surface area contributed by atoms with Crippen LogP contribution in [-0.2, 0) is 10.0 Å². The van der Waals surface area contributed by atoms with Crippen molar-refractivity contribution in [2.24, 2.45) is 0 Å². The molecule has 2 rings (SSSR count). The van der Waals surface area contributed by atoms with Gasteiger partial charge in [-0.15, -0.1) is 0 Å². The Morgan fingerprint density at radius 3 is 2.57 bits per heavy atom. The third-order valence-corrected chi connectivity index (χ3v) is 4.69. The first-order valence-electron chi connectivity index (χ1n) is 5.59. The lowest BCUT2D eigenvalue weighted by atomic mass is 9.82. The molecule has 110 valence electrons. The molecule has 0 saturated carbocycles. The highest BCUT2D eigenvalue weighted by Crippen LogP contribution is 2.30. The van der Waals surface area contributed by atoms with Gasteiger partial charge in [0, 0.05) is 17.9 Å². The Kier molecular flexibility index (Phi) is 4.75. The molecule has 0 radical (unpaired) electrons. The Balaban J connectivity index is 2.39. The number of nitrogens with one attached hydrogen (secondary N) is 1. The van der Waals surface area contributed by atoms with E-state index in [1.807, 2.05) is 0 Å². The second kappa shape index (κ2) is 6.21. The van der Waals surface area contributed by atoms with Crippen LogP contribution in [0.25, 0.3) is 0 Å². The van der Waals surface area contributed by atoms with E-state index < -0.39 is 17.1 Å². The zero-order valence-electron chi connectivity index (χ0n) is 10.4. The van der Waals surface area contributed by atoms with E-state index in [1.54, 1.807) is 0 Å². The summed E-state index contributed by atoms with van der Waals surface area (Å²) in [6, 6.07) is 5.60. The Hall–Kier alpha value is -1.32. The summed E-state index contributed by atoms with van der Waals surface area (Å²) in [5.41, 5.74) is 0.0641. The van der Waals surface area contributed by atoms with Crippen LogP contribution < -0.4 is 10.2 Å². The first-order valence-corrected chi connectivity index (χ1v) is 7.83. The van der Waals surface area contributed by atoms with E-state index in [9.17, 15) is 8.42 Å². The van der Waals surface area contributed by atoms with Crippen molar-refractivity contribution in [2.75, 3.05) is 4.72 Å². The van der Waals surface area contributed by atoms with E-state index in [2.05, 4.69) is 9.71 Å². The standard InChI is InChI=1S/C11H9BCl2N2O4S/c13-9-2-1-3-10(11(9)14)16-21(19,20)8-4-7(12(17)18)5-15-6-8/h1-6,16-18H. The number of nitrogens with zero attached hydrogens (tertiary/aromatic N) is 1. The van der Waals surface area contributed by atoms with Gasteiger partial charge in [0.1, 0.15) is 4.90 Å². The number of sulfonamides is 1. The molecule has 0 saturated heterocycles. The molecule has 10 heteroatoms. The minimum atomic E-state index is -3.99. The fourth-order valence-electron chi connectivity index (χ4n) is 1.51. The average molecular weight is 347 g/mol. The van der Waals surface area contributed by atoms with E-state index in [4.69, 9.17) is 33.2 Å². The number of hydrogen-bond acceptors (Lipinski definition) is 5. The van der Waals surface area contributed by atoms with Gasteiger partial charge in [-0.05, 0) is 18.2 Å². The molecule has 0 aliphatic heterocycles. The summed E-state index contributed by atoms with van der Waals surface area (Å²) in [6.45, 7) is 0. The molecule has 0 unspecified atom stereocenters. The zero-order valence-corrected chi connectivity index (χ0v) is 12.7. The van der Waals surface area contributed by atoms with Crippen molar-refractivity contribution < 1.29 is 18.5 Å². The lowest BCUT2D eigenvalue weighted by Gasteiger charge is -2.10. The monoisotopic (exact) mass is 346 g/mol. The van der Waals surface area contributed by atoms with Gasteiger partial charge in [-0.1, -0.05) is 29.3 Å². The Morgan fingerprint density at radius 1 is 1.19 bits per heavy atom. The summed E-state index contributed by atoms with van der Waals surface area (Å²) in [5, 5.41) is 18.4. The zero-order chi connectivity index (χ0) is 15.6. The highest BCUT2D eigenvalue weighted by atomic mass is 35.5. The van der Waals surface area contributed by atoms with Gasteiger partial charge in [-0.25, -0.2) is 8.42 Å². The molecular formula is C11H9BCl2N2O4S. The molecule has 0 aliphatic rings. The van der Waals surface area contributed by atoms with Crippen molar-refractivity contribution in [1.29, 1.82) is 0 Å². The molecule has 2 aromatic rings. The maximum atomic E-state index is 12.2. The molecule has 0 amide bonds. The van der Waals surface area contributed by atoms with Crippen molar-refractivity contribution in [1.82, 2.24) is 4.98 Å². The minimum Gasteiger partial charge on any atom is -0.423 e. The van der Waals surface area contributed by atoms with Crippen LogP contribution in [0.15, 0.2) is 41.6 Å². The second-order valence-corrected chi connectivity index (χ2v) is 6.50. The fraction of sp³-hybridized carbons (Fsp3) is 0. The highest BCUT2D eigenvalue weighted by molar-refractivity contribution is 7.92. The number of pyridine rings is 1. The van der Waals surface area contributed by atoms with Crippen molar-refractivity contribution in [3.8, 4) is 0 Å². The van der Waals surface area contributed by atoms with Gasteiger partial charge in [0.25, 0.3) is 10.0 Å². The molecule has 1 aromatic carbocycles. The molecule has 0 atom stereocenters. The summed E-state index contributed by atoms with van der Waals surface area (Å²) in [6.07, 6.45) is 2.22. The molecule has 1 heterocycles. The van der Waals surface area contributed by atoms with Crippen LogP contribution >= 0.6 is 23.2 Å². The Labute approximate surface area is 131 Å². The van der Waals surface area contributed by atoms with Gasteiger partial charge in [-0.2, -0.15) is 0 Å². The van der Waals surface area contributed by atoms with Crippen LogP contribution in [0.4, 0.5) is 5.69 Å². The fourth-order valence-corrected chi connectivity index (χ4v) is 2.98. The maximum Gasteiger partial charge on any atom is 0.490 e. The molecule has 0 bridgehead atoms. The lowest BCUT2D eigenvalue weighted by molar-refractivity contribution is 0.425. The third kappa shape index (κ3) is 3.66. The van der Waals surface area contributed by atoms with Crippen molar-refractivity contribution in [2.45, 2.75) is 4.90 Å². The minimum absolute atomic E-state index is 0.0462. The average Bonchev–Trinajstić information content (AvgIpc) is 2.44. The molecule has 1 aromatic heterocycles. The first-order chi connectivity index (χ1) is 9.81. The topological polar surface area (TPSA) is 99.5 Å². The molecule has 0 aliphatic carbocycles. The number of halogens is 2. The third-order valence-electron chi connectivity index (χ3n) is 2.54. The van der Waals surface area contributed by atoms with Crippen molar-refractivity contribution in [3.63, 3.8) is 0 Å². The van der Waals surface area contributed by atoms with Gasteiger partial charge in [-0.3, -0.25) is 9.71 Å². The van der Waals surface area contributed by atoms with Crippen LogP contribution in [0.2, 0.25) is 10.0 Å². The lowest BCUT2D eigenvalue weighted by Crippen LogP contribution is -2.31. The quantitative estimate of drug-likeness (QED) is 0.713.